The fourth-order valence-corrected chi connectivity index (χ4v) is 2.50. The summed E-state index contributed by atoms with van der Waals surface area (Å²) in [4.78, 5) is 12.3. The normalized spacial score (nSPS) is 17.2. The summed E-state index contributed by atoms with van der Waals surface area (Å²) in [6.07, 6.45) is 1.23. The molecule has 1 N–H and O–H groups in total. The van der Waals surface area contributed by atoms with E-state index < -0.39 is 12.7 Å². The summed E-state index contributed by atoms with van der Waals surface area (Å²) in [5, 5.41) is 9.97. The van der Waals surface area contributed by atoms with Crippen molar-refractivity contribution in [2.45, 2.75) is 53.1 Å². The van der Waals surface area contributed by atoms with Gasteiger partial charge in [-0.25, -0.2) is 0 Å². The number of rotatable bonds is 4. The number of hydrogen-bond acceptors (Lipinski definition) is 3. The third-order valence-corrected chi connectivity index (χ3v) is 4.44. The fraction of sp³-hybridized carbons (Fsp3) is 0.562. The molecule has 4 heteroatoms. The Hall–Kier alpha value is -1.13. The highest BCUT2D eigenvalue weighted by molar-refractivity contribution is 6.62. The van der Waals surface area contributed by atoms with Gasteiger partial charge in [0.2, 0.25) is 0 Å². The number of fused-ring (bicyclic) bond motifs is 1. The Kier molecular flexibility index (Phi) is 3.82. The Balaban J connectivity index is 2.26. The SMILES string of the molecule is CCC(C)(C)C(=O)Cc1ccc2c(c1)B(O)OC2(C)C. The van der Waals surface area contributed by atoms with Gasteiger partial charge in [-0.1, -0.05) is 39.0 Å². The van der Waals surface area contributed by atoms with Gasteiger partial charge in [-0.15, -0.1) is 0 Å². The van der Waals surface area contributed by atoms with Gasteiger partial charge in [0.15, 0.2) is 0 Å². The Labute approximate surface area is 121 Å². The molecule has 0 fully saturated rings. The zero-order valence-electron chi connectivity index (χ0n) is 13.0. The molecule has 0 saturated carbocycles. The van der Waals surface area contributed by atoms with Crippen molar-refractivity contribution in [2.75, 3.05) is 0 Å². The van der Waals surface area contributed by atoms with Crippen molar-refractivity contribution in [3.8, 4) is 0 Å². The molecular weight excluding hydrogens is 251 g/mol. The van der Waals surface area contributed by atoms with Gasteiger partial charge in [0.1, 0.15) is 5.78 Å². The van der Waals surface area contributed by atoms with Gasteiger partial charge < -0.3 is 9.68 Å². The molecule has 0 aromatic heterocycles. The average molecular weight is 274 g/mol. The first-order chi connectivity index (χ1) is 9.17. The van der Waals surface area contributed by atoms with E-state index in [-0.39, 0.29) is 11.2 Å². The molecule has 1 aromatic carbocycles. The molecule has 0 unspecified atom stereocenters. The molecular formula is C16H23BO3. The van der Waals surface area contributed by atoms with Gasteiger partial charge in [0, 0.05) is 11.8 Å². The minimum absolute atomic E-state index is 0.229. The second-order valence-electron chi connectivity index (χ2n) is 6.74. The van der Waals surface area contributed by atoms with E-state index in [0.717, 1.165) is 23.0 Å². The third kappa shape index (κ3) is 2.67. The van der Waals surface area contributed by atoms with E-state index in [4.69, 9.17) is 4.65 Å². The smallest absolute Gasteiger partial charge is 0.423 e. The van der Waals surface area contributed by atoms with Crippen molar-refractivity contribution in [3.05, 3.63) is 29.3 Å². The van der Waals surface area contributed by atoms with Crippen LogP contribution in [-0.2, 0) is 21.5 Å². The van der Waals surface area contributed by atoms with Crippen LogP contribution in [0.5, 0.6) is 0 Å². The molecule has 0 atom stereocenters. The largest absolute Gasteiger partial charge is 0.492 e. The molecule has 1 heterocycles. The van der Waals surface area contributed by atoms with Crippen LogP contribution in [0, 0.1) is 5.41 Å². The van der Waals surface area contributed by atoms with Gasteiger partial charge >= 0.3 is 7.12 Å². The number of carbonyl (C=O) groups excluding carboxylic acids is 1. The minimum atomic E-state index is -0.894. The standard InChI is InChI=1S/C16H23BO3/c1-6-15(2,3)14(18)10-11-7-8-12-13(9-11)17(19)20-16(12,4)5/h7-9,19H,6,10H2,1-5H3. The summed E-state index contributed by atoms with van der Waals surface area (Å²) in [7, 11) is -0.894. The monoisotopic (exact) mass is 274 g/mol. The lowest BCUT2D eigenvalue weighted by Gasteiger charge is -2.21. The average Bonchev–Trinajstić information content (AvgIpc) is 2.59. The van der Waals surface area contributed by atoms with Crippen LogP contribution in [0.15, 0.2) is 18.2 Å². The van der Waals surface area contributed by atoms with E-state index in [1.807, 2.05) is 52.8 Å². The van der Waals surface area contributed by atoms with Crippen LogP contribution in [0.4, 0.5) is 0 Å². The van der Waals surface area contributed by atoms with E-state index in [2.05, 4.69) is 0 Å². The van der Waals surface area contributed by atoms with Crippen molar-refractivity contribution in [3.63, 3.8) is 0 Å². The molecule has 3 nitrogen and oxygen atoms in total. The molecule has 2 rings (SSSR count). The zero-order valence-corrected chi connectivity index (χ0v) is 13.0. The molecule has 1 aromatic rings. The van der Waals surface area contributed by atoms with Gasteiger partial charge in [-0.05, 0) is 36.9 Å². The molecule has 0 spiro atoms. The summed E-state index contributed by atoms with van der Waals surface area (Å²) in [5.74, 6) is 0.229. The predicted molar refractivity (Wildman–Crippen MR) is 80.9 cm³/mol. The van der Waals surface area contributed by atoms with E-state index in [9.17, 15) is 9.82 Å². The second-order valence-corrected chi connectivity index (χ2v) is 6.74. The van der Waals surface area contributed by atoms with E-state index in [0.29, 0.717) is 6.42 Å². The summed E-state index contributed by atoms with van der Waals surface area (Å²) in [6, 6.07) is 5.83. The van der Waals surface area contributed by atoms with Crippen molar-refractivity contribution < 1.29 is 14.5 Å². The number of hydrogen-bond donors (Lipinski definition) is 1. The fourth-order valence-electron chi connectivity index (χ4n) is 2.50. The molecule has 0 saturated heterocycles. The Morgan fingerprint density at radius 1 is 1.40 bits per heavy atom. The lowest BCUT2D eigenvalue weighted by atomic mass is 9.76. The Morgan fingerprint density at radius 3 is 2.65 bits per heavy atom. The summed E-state index contributed by atoms with van der Waals surface area (Å²) >= 11 is 0. The van der Waals surface area contributed by atoms with Crippen molar-refractivity contribution >= 4 is 18.4 Å². The highest BCUT2D eigenvalue weighted by Gasteiger charge is 2.40. The van der Waals surface area contributed by atoms with Crippen LogP contribution in [0.1, 0.15) is 52.2 Å². The predicted octanol–water partition coefficient (Wildman–Crippen LogP) is 2.19. The summed E-state index contributed by atoms with van der Waals surface area (Å²) < 4.78 is 5.54. The second kappa shape index (κ2) is 5.01. The number of carbonyl (C=O) groups is 1. The molecule has 0 bridgehead atoms. The van der Waals surface area contributed by atoms with Gasteiger partial charge in [-0.3, -0.25) is 4.79 Å². The molecule has 0 amide bonds. The van der Waals surface area contributed by atoms with Crippen molar-refractivity contribution in [1.82, 2.24) is 0 Å². The maximum atomic E-state index is 12.3. The molecule has 108 valence electrons. The first kappa shape index (κ1) is 15.3. The van der Waals surface area contributed by atoms with Crippen LogP contribution in [0.25, 0.3) is 0 Å². The van der Waals surface area contributed by atoms with E-state index >= 15 is 0 Å². The summed E-state index contributed by atoms with van der Waals surface area (Å²) in [6.45, 7) is 9.86. The quantitative estimate of drug-likeness (QED) is 0.856. The Morgan fingerprint density at radius 2 is 2.05 bits per heavy atom. The molecule has 0 radical (unpaired) electrons. The Bertz CT molecular complexity index is 535. The van der Waals surface area contributed by atoms with Crippen LogP contribution in [0.3, 0.4) is 0 Å². The van der Waals surface area contributed by atoms with Gasteiger partial charge in [-0.2, -0.15) is 0 Å². The first-order valence-electron chi connectivity index (χ1n) is 7.20. The van der Waals surface area contributed by atoms with Gasteiger partial charge in [0.25, 0.3) is 0 Å². The van der Waals surface area contributed by atoms with Crippen LogP contribution >= 0.6 is 0 Å². The summed E-state index contributed by atoms with van der Waals surface area (Å²) in [5.41, 5.74) is 1.95. The molecule has 1 aliphatic heterocycles. The number of benzene rings is 1. The minimum Gasteiger partial charge on any atom is -0.423 e. The third-order valence-electron chi connectivity index (χ3n) is 4.44. The van der Waals surface area contributed by atoms with Crippen LogP contribution < -0.4 is 5.46 Å². The van der Waals surface area contributed by atoms with E-state index in [1.165, 1.54) is 0 Å². The maximum absolute atomic E-state index is 12.3. The first-order valence-corrected chi connectivity index (χ1v) is 7.20. The number of Topliss-reactive ketones (excluding diaryl/α,β-unsaturated/α-hetero) is 1. The zero-order chi connectivity index (χ0) is 15.1. The van der Waals surface area contributed by atoms with Crippen molar-refractivity contribution in [2.24, 2.45) is 5.41 Å². The molecule has 0 aliphatic carbocycles. The molecule has 1 aliphatic rings. The molecule has 20 heavy (non-hydrogen) atoms. The van der Waals surface area contributed by atoms with E-state index in [1.54, 1.807) is 0 Å². The van der Waals surface area contributed by atoms with Crippen molar-refractivity contribution in [1.29, 1.82) is 0 Å². The lowest BCUT2D eigenvalue weighted by molar-refractivity contribution is -0.126. The topological polar surface area (TPSA) is 46.5 Å². The van der Waals surface area contributed by atoms with Crippen LogP contribution in [0.2, 0.25) is 0 Å². The van der Waals surface area contributed by atoms with Gasteiger partial charge in [0.05, 0.1) is 5.60 Å². The van der Waals surface area contributed by atoms with Crippen LogP contribution in [-0.4, -0.2) is 17.9 Å². The highest BCUT2D eigenvalue weighted by Crippen LogP contribution is 2.30. The highest BCUT2D eigenvalue weighted by atomic mass is 16.5. The maximum Gasteiger partial charge on any atom is 0.492 e. The number of ketones is 1. The lowest BCUT2D eigenvalue weighted by Crippen LogP contribution is -2.30.